The van der Waals surface area contributed by atoms with Gasteiger partial charge in [0, 0.05) is 11.6 Å². The van der Waals surface area contributed by atoms with E-state index in [9.17, 15) is 5.11 Å². The van der Waals surface area contributed by atoms with E-state index in [1.54, 1.807) is 0 Å². The molecule has 1 heterocycles. The van der Waals surface area contributed by atoms with E-state index in [1.807, 2.05) is 0 Å². The summed E-state index contributed by atoms with van der Waals surface area (Å²) in [6, 6.07) is 0.753. The first kappa shape index (κ1) is 14.9. The Morgan fingerprint density at radius 3 is 2.76 bits per heavy atom. The van der Waals surface area contributed by atoms with E-state index in [4.69, 9.17) is 0 Å². The van der Waals surface area contributed by atoms with Crippen molar-refractivity contribution in [3.63, 3.8) is 0 Å². The van der Waals surface area contributed by atoms with Gasteiger partial charge in [-0.05, 0) is 59.2 Å². The highest BCUT2D eigenvalue weighted by Gasteiger charge is 2.23. The van der Waals surface area contributed by atoms with Gasteiger partial charge in [-0.25, -0.2) is 0 Å². The highest BCUT2D eigenvalue weighted by Crippen LogP contribution is 2.18. The summed E-state index contributed by atoms with van der Waals surface area (Å²) >= 11 is 0. The van der Waals surface area contributed by atoms with Crippen LogP contribution >= 0.6 is 0 Å². The lowest BCUT2D eigenvalue weighted by Crippen LogP contribution is -2.46. The number of aliphatic hydroxyl groups is 1. The predicted octanol–water partition coefficient (Wildman–Crippen LogP) is 2.00. The van der Waals surface area contributed by atoms with Crippen LogP contribution in [0.15, 0.2) is 0 Å². The summed E-state index contributed by atoms with van der Waals surface area (Å²) in [4.78, 5) is 2.60. The Bertz CT molecular complexity index is 210. The predicted molar refractivity (Wildman–Crippen MR) is 73.3 cm³/mol. The average molecular weight is 242 g/mol. The smallest absolute Gasteiger partial charge is 0.0610 e. The number of hydrogen-bond acceptors (Lipinski definition) is 3. The van der Waals surface area contributed by atoms with E-state index in [0.29, 0.717) is 0 Å². The zero-order chi connectivity index (χ0) is 12.7. The molecule has 1 fully saturated rings. The molecule has 1 aliphatic rings. The molecule has 0 amide bonds. The Balaban J connectivity index is 2.25. The minimum absolute atomic E-state index is 0.0895. The molecule has 0 aliphatic carbocycles. The fraction of sp³-hybridized carbons (Fsp3) is 1.00. The molecule has 2 N–H and O–H groups in total. The summed E-state index contributed by atoms with van der Waals surface area (Å²) in [7, 11) is 0. The third kappa shape index (κ3) is 4.94. The summed E-state index contributed by atoms with van der Waals surface area (Å²) in [5.74, 6) is 0. The Morgan fingerprint density at radius 1 is 1.41 bits per heavy atom. The maximum Gasteiger partial charge on any atom is 0.0610 e. The average Bonchev–Trinajstić information content (AvgIpc) is 2.32. The molecule has 0 aromatic carbocycles. The first-order chi connectivity index (χ1) is 8.11. The van der Waals surface area contributed by atoms with Crippen molar-refractivity contribution in [1.82, 2.24) is 10.2 Å². The SMILES string of the molecule is CCNC(C)(CO)CCCN1CCCCC1C. The molecule has 0 saturated carbocycles. The number of likely N-dealkylation sites (tertiary alicyclic amines) is 1. The van der Waals surface area contributed by atoms with E-state index in [2.05, 4.69) is 31.0 Å². The van der Waals surface area contributed by atoms with Crippen LogP contribution in [0.25, 0.3) is 0 Å². The quantitative estimate of drug-likeness (QED) is 0.717. The van der Waals surface area contributed by atoms with Gasteiger partial charge in [0.05, 0.1) is 6.61 Å². The lowest BCUT2D eigenvalue weighted by Gasteiger charge is -2.35. The van der Waals surface area contributed by atoms with Gasteiger partial charge in [0.25, 0.3) is 0 Å². The minimum atomic E-state index is -0.0895. The van der Waals surface area contributed by atoms with Gasteiger partial charge in [0.1, 0.15) is 0 Å². The number of nitrogens with one attached hydrogen (secondary N) is 1. The molecule has 17 heavy (non-hydrogen) atoms. The number of piperidine rings is 1. The summed E-state index contributed by atoms with van der Waals surface area (Å²) in [6.07, 6.45) is 6.33. The second-order valence-corrected chi connectivity index (χ2v) is 5.73. The minimum Gasteiger partial charge on any atom is -0.394 e. The Morgan fingerprint density at radius 2 is 2.18 bits per heavy atom. The zero-order valence-electron chi connectivity index (χ0n) is 11.8. The molecule has 1 aliphatic heterocycles. The van der Waals surface area contributed by atoms with E-state index in [1.165, 1.54) is 38.8 Å². The molecule has 0 aromatic heterocycles. The maximum absolute atomic E-state index is 9.43. The molecule has 1 saturated heterocycles. The Hall–Kier alpha value is -0.120. The van der Waals surface area contributed by atoms with Crippen LogP contribution < -0.4 is 5.32 Å². The van der Waals surface area contributed by atoms with Crippen LogP contribution in [0.1, 0.15) is 52.9 Å². The molecule has 2 atom stereocenters. The van der Waals surface area contributed by atoms with Crippen molar-refractivity contribution in [2.45, 2.75) is 64.5 Å². The van der Waals surface area contributed by atoms with Gasteiger partial charge >= 0.3 is 0 Å². The van der Waals surface area contributed by atoms with Crippen LogP contribution in [0.4, 0.5) is 0 Å². The van der Waals surface area contributed by atoms with Crippen LogP contribution in [0, 0.1) is 0 Å². The number of hydrogen-bond donors (Lipinski definition) is 2. The third-order valence-corrected chi connectivity index (χ3v) is 4.07. The van der Waals surface area contributed by atoms with Gasteiger partial charge in [0.15, 0.2) is 0 Å². The zero-order valence-corrected chi connectivity index (χ0v) is 11.8. The molecule has 0 bridgehead atoms. The number of likely N-dealkylation sites (N-methyl/N-ethyl adjacent to an activating group) is 1. The fourth-order valence-electron chi connectivity index (χ4n) is 2.81. The third-order valence-electron chi connectivity index (χ3n) is 4.07. The van der Waals surface area contributed by atoms with Crippen LogP contribution in [0.2, 0.25) is 0 Å². The highest BCUT2D eigenvalue weighted by atomic mass is 16.3. The molecule has 2 unspecified atom stereocenters. The van der Waals surface area contributed by atoms with Crippen molar-refractivity contribution in [1.29, 1.82) is 0 Å². The summed E-state index contributed by atoms with van der Waals surface area (Å²) < 4.78 is 0. The molecule has 0 spiro atoms. The van der Waals surface area contributed by atoms with Gasteiger partial charge in [-0.2, -0.15) is 0 Å². The lowest BCUT2D eigenvalue weighted by atomic mass is 9.95. The van der Waals surface area contributed by atoms with Gasteiger partial charge in [-0.1, -0.05) is 13.3 Å². The molecule has 102 valence electrons. The molecular weight excluding hydrogens is 212 g/mol. The topological polar surface area (TPSA) is 35.5 Å². The fourth-order valence-corrected chi connectivity index (χ4v) is 2.81. The van der Waals surface area contributed by atoms with Gasteiger partial charge in [0.2, 0.25) is 0 Å². The van der Waals surface area contributed by atoms with Crippen molar-refractivity contribution in [2.24, 2.45) is 0 Å². The molecule has 0 radical (unpaired) electrons. The molecule has 1 rings (SSSR count). The number of aliphatic hydroxyl groups excluding tert-OH is 1. The van der Waals surface area contributed by atoms with Gasteiger partial charge in [-0.15, -0.1) is 0 Å². The van der Waals surface area contributed by atoms with E-state index in [0.717, 1.165) is 19.0 Å². The molecule has 3 heteroatoms. The maximum atomic E-state index is 9.43. The van der Waals surface area contributed by atoms with Crippen molar-refractivity contribution >= 4 is 0 Å². The van der Waals surface area contributed by atoms with Crippen molar-refractivity contribution in [3.05, 3.63) is 0 Å². The van der Waals surface area contributed by atoms with Crippen molar-refractivity contribution < 1.29 is 5.11 Å². The Kier molecular flexibility index (Phi) is 6.45. The second-order valence-electron chi connectivity index (χ2n) is 5.73. The summed E-state index contributed by atoms with van der Waals surface area (Å²) in [5, 5.41) is 12.8. The van der Waals surface area contributed by atoms with Crippen molar-refractivity contribution in [2.75, 3.05) is 26.2 Å². The van der Waals surface area contributed by atoms with E-state index >= 15 is 0 Å². The van der Waals surface area contributed by atoms with E-state index in [-0.39, 0.29) is 12.1 Å². The molecule has 0 aromatic rings. The van der Waals surface area contributed by atoms with Crippen LogP contribution in [0.5, 0.6) is 0 Å². The normalized spacial score (nSPS) is 25.8. The van der Waals surface area contributed by atoms with E-state index < -0.39 is 0 Å². The second kappa shape index (κ2) is 7.34. The van der Waals surface area contributed by atoms with Gasteiger partial charge in [-0.3, -0.25) is 0 Å². The summed E-state index contributed by atoms with van der Waals surface area (Å²) in [5.41, 5.74) is -0.0895. The standard InChI is InChI=1S/C14H30N2O/c1-4-15-14(3,12-17)9-7-11-16-10-6-5-8-13(16)2/h13,15,17H,4-12H2,1-3H3. The first-order valence-corrected chi connectivity index (χ1v) is 7.21. The molecule has 3 nitrogen and oxygen atoms in total. The molecular formula is C14H30N2O. The number of nitrogens with zero attached hydrogens (tertiary/aromatic N) is 1. The highest BCUT2D eigenvalue weighted by molar-refractivity contribution is 4.82. The van der Waals surface area contributed by atoms with Crippen LogP contribution in [-0.4, -0.2) is 47.8 Å². The first-order valence-electron chi connectivity index (χ1n) is 7.21. The number of rotatable bonds is 7. The Labute approximate surface area is 107 Å². The lowest BCUT2D eigenvalue weighted by molar-refractivity contribution is 0.134. The summed E-state index contributed by atoms with van der Waals surface area (Å²) in [6.45, 7) is 10.2. The largest absolute Gasteiger partial charge is 0.394 e. The van der Waals surface area contributed by atoms with Crippen LogP contribution in [0.3, 0.4) is 0 Å². The van der Waals surface area contributed by atoms with Crippen molar-refractivity contribution in [3.8, 4) is 0 Å². The van der Waals surface area contributed by atoms with Crippen LogP contribution in [-0.2, 0) is 0 Å². The monoisotopic (exact) mass is 242 g/mol. The van der Waals surface area contributed by atoms with Gasteiger partial charge < -0.3 is 15.3 Å².